The molecule has 0 fully saturated rings. The Bertz CT molecular complexity index is 630. The Hall–Kier alpha value is -2.10. The molecular formula is C15H15N3O. The van der Waals surface area contributed by atoms with Crippen LogP contribution in [0.3, 0.4) is 0 Å². The van der Waals surface area contributed by atoms with E-state index >= 15 is 0 Å². The fraction of sp³-hybridized carbons (Fsp3) is 0.333. The van der Waals surface area contributed by atoms with Crippen LogP contribution in [0.25, 0.3) is 5.70 Å². The number of nitrogens with zero attached hydrogens (tertiary/aromatic N) is 3. The quantitative estimate of drug-likeness (QED) is 0.711. The molecule has 19 heavy (non-hydrogen) atoms. The highest BCUT2D eigenvalue weighted by atomic mass is 16.5. The van der Waals surface area contributed by atoms with Crippen molar-refractivity contribution in [1.82, 2.24) is 4.90 Å². The van der Waals surface area contributed by atoms with Gasteiger partial charge in [0.25, 0.3) is 0 Å². The van der Waals surface area contributed by atoms with Crippen LogP contribution < -0.4 is 4.74 Å². The Morgan fingerprint density at radius 3 is 3.16 bits per heavy atom. The van der Waals surface area contributed by atoms with Crippen LogP contribution in [0.2, 0.25) is 0 Å². The SMILES string of the molecule is CC1CN=C2C3=C(N=CN21)c1ccccc1OCC3. The highest BCUT2D eigenvalue weighted by molar-refractivity contribution is 6.13. The molecule has 0 aromatic heterocycles. The Kier molecular flexibility index (Phi) is 2.24. The Balaban J connectivity index is 1.89. The van der Waals surface area contributed by atoms with Crippen molar-refractivity contribution in [1.29, 1.82) is 0 Å². The van der Waals surface area contributed by atoms with Crippen molar-refractivity contribution >= 4 is 17.9 Å². The van der Waals surface area contributed by atoms with Gasteiger partial charge in [0, 0.05) is 17.6 Å². The van der Waals surface area contributed by atoms with Crippen LogP contribution in [-0.2, 0) is 0 Å². The molecule has 0 bridgehead atoms. The molecule has 3 aliphatic rings. The summed E-state index contributed by atoms with van der Waals surface area (Å²) in [5, 5.41) is 0. The predicted molar refractivity (Wildman–Crippen MR) is 75.6 cm³/mol. The summed E-state index contributed by atoms with van der Waals surface area (Å²) < 4.78 is 5.83. The van der Waals surface area contributed by atoms with Gasteiger partial charge in [-0.25, -0.2) is 4.99 Å². The minimum atomic E-state index is 0.409. The topological polar surface area (TPSA) is 37.2 Å². The predicted octanol–water partition coefficient (Wildman–Crippen LogP) is 2.32. The van der Waals surface area contributed by atoms with Crippen LogP contribution in [-0.4, -0.2) is 36.3 Å². The molecule has 0 saturated carbocycles. The van der Waals surface area contributed by atoms with Gasteiger partial charge in [-0.3, -0.25) is 4.99 Å². The number of hydrogen-bond donors (Lipinski definition) is 0. The van der Waals surface area contributed by atoms with E-state index in [0.717, 1.165) is 35.8 Å². The fourth-order valence-corrected chi connectivity index (χ4v) is 2.83. The largest absolute Gasteiger partial charge is 0.493 e. The molecule has 4 rings (SSSR count). The number of ether oxygens (including phenoxy) is 1. The summed E-state index contributed by atoms with van der Waals surface area (Å²) in [5.74, 6) is 2.00. The Morgan fingerprint density at radius 1 is 1.32 bits per heavy atom. The van der Waals surface area contributed by atoms with E-state index in [1.807, 2.05) is 24.5 Å². The maximum atomic E-state index is 5.83. The maximum absolute atomic E-state index is 5.83. The molecule has 3 heterocycles. The second kappa shape index (κ2) is 3.95. The van der Waals surface area contributed by atoms with Crippen molar-refractivity contribution in [2.24, 2.45) is 9.98 Å². The van der Waals surface area contributed by atoms with Crippen molar-refractivity contribution in [3.8, 4) is 5.75 Å². The number of amidine groups is 1. The zero-order valence-corrected chi connectivity index (χ0v) is 10.8. The molecule has 96 valence electrons. The van der Waals surface area contributed by atoms with Gasteiger partial charge in [0.15, 0.2) is 0 Å². The first-order chi connectivity index (χ1) is 9.34. The lowest BCUT2D eigenvalue weighted by atomic mass is 10.0. The number of fused-ring (bicyclic) bond motifs is 4. The summed E-state index contributed by atoms with van der Waals surface area (Å²) in [5.41, 5.74) is 3.32. The van der Waals surface area contributed by atoms with Crippen molar-refractivity contribution in [2.75, 3.05) is 13.2 Å². The van der Waals surface area contributed by atoms with Crippen LogP contribution in [0.4, 0.5) is 0 Å². The average Bonchev–Trinajstić information content (AvgIpc) is 2.71. The first-order valence-corrected chi connectivity index (χ1v) is 6.67. The van der Waals surface area contributed by atoms with Crippen LogP contribution >= 0.6 is 0 Å². The molecule has 0 spiro atoms. The zero-order valence-electron chi connectivity index (χ0n) is 10.8. The lowest BCUT2D eigenvalue weighted by molar-refractivity contribution is 0.325. The van der Waals surface area contributed by atoms with E-state index in [0.29, 0.717) is 12.6 Å². The summed E-state index contributed by atoms with van der Waals surface area (Å²) >= 11 is 0. The van der Waals surface area contributed by atoms with Gasteiger partial charge in [0.05, 0.1) is 31.2 Å². The van der Waals surface area contributed by atoms with Crippen LogP contribution in [0.5, 0.6) is 5.75 Å². The van der Waals surface area contributed by atoms with E-state index in [-0.39, 0.29) is 0 Å². The lowest BCUT2D eigenvalue weighted by Crippen LogP contribution is -2.36. The van der Waals surface area contributed by atoms with Gasteiger partial charge in [-0.15, -0.1) is 0 Å². The van der Waals surface area contributed by atoms with Crippen molar-refractivity contribution in [3.05, 3.63) is 35.4 Å². The molecule has 0 N–H and O–H groups in total. The summed E-state index contributed by atoms with van der Waals surface area (Å²) in [6.07, 6.45) is 2.78. The molecule has 1 unspecified atom stereocenters. The zero-order chi connectivity index (χ0) is 12.8. The molecular weight excluding hydrogens is 238 g/mol. The van der Waals surface area contributed by atoms with Crippen molar-refractivity contribution in [3.63, 3.8) is 0 Å². The smallest absolute Gasteiger partial charge is 0.134 e. The van der Waals surface area contributed by atoms with Crippen molar-refractivity contribution in [2.45, 2.75) is 19.4 Å². The Morgan fingerprint density at radius 2 is 2.21 bits per heavy atom. The number of hydrogen-bond acceptors (Lipinski definition) is 4. The number of para-hydroxylation sites is 1. The van der Waals surface area contributed by atoms with Crippen LogP contribution in [0.1, 0.15) is 18.9 Å². The molecule has 1 aromatic rings. The van der Waals surface area contributed by atoms with Gasteiger partial charge in [0.2, 0.25) is 0 Å². The summed E-state index contributed by atoms with van der Waals surface area (Å²) in [7, 11) is 0. The van der Waals surface area contributed by atoms with E-state index in [1.165, 1.54) is 5.57 Å². The number of rotatable bonds is 0. The van der Waals surface area contributed by atoms with Gasteiger partial charge in [-0.2, -0.15) is 0 Å². The van der Waals surface area contributed by atoms with E-state index in [2.05, 4.69) is 27.9 Å². The van der Waals surface area contributed by atoms with E-state index < -0.39 is 0 Å². The number of aliphatic imine (C=N–C) groups is 2. The summed E-state index contributed by atoms with van der Waals surface area (Å²) in [4.78, 5) is 11.5. The molecule has 1 atom stereocenters. The molecule has 4 nitrogen and oxygen atoms in total. The third-order valence-electron chi connectivity index (χ3n) is 3.84. The third-order valence-corrected chi connectivity index (χ3v) is 3.84. The second-order valence-corrected chi connectivity index (χ2v) is 5.09. The minimum absolute atomic E-state index is 0.409. The Labute approximate surface area is 112 Å². The van der Waals surface area contributed by atoms with E-state index in [4.69, 9.17) is 4.74 Å². The standard InChI is InChI=1S/C15H15N3O/c1-10-8-16-15-12-6-7-19-13-5-3-2-4-11(13)14(12)17-9-18(10)15/h2-5,9-10H,6-8H2,1H3. The van der Waals surface area contributed by atoms with Gasteiger partial charge in [0.1, 0.15) is 11.6 Å². The summed E-state index contributed by atoms with van der Waals surface area (Å²) in [6, 6.07) is 8.51. The molecule has 4 heteroatoms. The highest BCUT2D eigenvalue weighted by Gasteiger charge is 2.32. The van der Waals surface area contributed by atoms with E-state index in [1.54, 1.807) is 0 Å². The van der Waals surface area contributed by atoms with Gasteiger partial charge < -0.3 is 9.64 Å². The van der Waals surface area contributed by atoms with Gasteiger partial charge in [-0.05, 0) is 19.1 Å². The van der Waals surface area contributed by atoms with E-state index in [9.17, 15) is 0 Å². The van der Waals surface area contributed by atoms with Crippen molar-refractivity contribution < 1.29 is 4.74 Å². The highest BCUT2D eigenvalue weighted by Crippen LogP contribution is 2.36. The average molecular weight is 253 g/mol. The van der Waals surface area contributed by atoms with Gasteiger partial charge >= 0.3 is 0 Å². The fourth-order valence-electron chi connectivity index (χ4n) is 2.83. The molecule has 0 saturated heterocycles. The first kappa shape index (κ1) is 10.8. The number of benzene rings is 1. The first-order valence-electron chi connectivity index (χ1n) is 6.67. The summed E-state index contributed by atoms with van der Waals surface area (Å²) in [6.45, 7) is 3.71. The van der Waals surface area contributed by atoms with Crippen LogP contribution in [0.15, 0.2) is 39.8 Å². The molecule has 3 aliphatic heterocycles. The molecule has 1 aromatic carbocycles. The van der Waals surface area contributed by atoms with Crippen LogP contribution in [0, 0.1) is 0 Å². The normalized spacial score (nSPS) is 24.2. The maximum Gasteiger partial charge on any atom is 0.134 e. The third kappa shape index (κ3) is 1.52. The molecule has 0 amide bonds. The molecule has 0 aliphatic carbocycles. The van der Waals surface area contributed by atoms with Gasteiger partial charge in [-0.1, -0.05) is 12.1 Å². The lowest BCUT2D eigenvalue weighted by Gasteiger charge is -2.26. The monoisotopic (exact) mass is 253 g/mol. The second-order valence-electron chi connectivity index (χ2n) is 5.09. The minimum Gasteiger partial charge on any atom is -0.493 e. The molecule has 0 radical (unpaired) electrons.